The Morgan fingerprint density at radius 3 is 2.60 bits per heavy atom. The van der Waals surface area contributed by atoms with Crippen LogP contribution in [0, 0.1) is 5.82 Å². The predicted octanol–water partition coefficient (Wildman–Crippen LogP) is 3.53. The van der Waals surface area contributed by atoms with Crippen molar-refractivity contribution in [3.8, 4) is 11.5 Å². The van der Waals surface area contributed by atoms with Crippen molar-refractivity contribution in [1.82, 2.24) is 0 Å². The van der Waals surface area contributed by atoms with E-state index in [-0.39, 0.29) is 19.0 Å². The third kappa shape index (κ3) is 3.21. The van der Waals surface area contributed by atoms with Gasteiger partial charge in [-0.2, -0.15) is 0 Å². The fourth-order valence-corrected chi connectivity index (χ4v) is 2.09. The highest BCUT2D eigenvalue weighted by Gasteiger charge is 2.13. The predicted molar refractivity (Wildman–Crippen MR) is 76.6 cm³/mol. The van der Waals surface area contributed by atoms with Crippen LogP contribution in [0.1, 0.15) is 11.1 Å². The molecule has 0 aromatic heterocycles. The molecule has 5 heteroatoms. The van der Waals surface area contributed by atoms with E-state index >= 15 is 0 Å². The van der Waals surface area contributed by atoms with Crippen LogP contribution < -0.4 is 15.2 Å². The summed E-state index contributed by atoms with van der Waals surface area (Å²) in [5.41, 5.74) is 6.85. The third-order valence-electron chi connectivity index (χ3n) is 2.87. The van der Waals surface area contributed by atoms with Gasteiger partial charge in [-0.1, -0.05) is 29.8 Å². The quantitative estimate of drug-likeness (QED) is 0.918. The number of methoxy groups -OCH3 is 1. The third-order valence-corrected chi connectivity index (χ3v) is 3.08. The maximum absolute atomic E-state index is 13.6. The summed E-state index contributed by atoms with van der Waals surface area (Å²) in [5, 5.41) is 0.514. The molecule has 0 aliphatic heterocycles. The van der Waals surface area contributed by atoms with Gasteiger partial charge in [-0.25, -0.2) is 4.39 Å². The van der Waals surface area contributed by atoms with E-state index in [1.54, 1.807) is 30.3 Å². The molecule has 0 aliphatic carbocycles. The van der Waals surface area contributed by atoms with Gasteiger partial charge in [0.05, 0.1) is 7.11 Å². The molecule has 20 heavy (non-hydrogen) atoms. The van der Waals surface area contributed by atoms with Gasteiger partial charge in [-0.05, 0) is 12.1 Å². The number of ether oxygens (including phenoxy) is 2. The van der Waals surface area contributed by atoms with Crippen molar-refractivity contribution in [2.75, 3.05) is 7.11 Å². The molecule has 0 unspecified atom stereocenters. The molecular formula is C15H15ClFNO2. The van der Waals surface area contributed by atoms with Crippen molar-refractivity contribution in [1.29, 1.82) is 0 Å². The lowest BCUT2D eigenvalue weighted by Gasteiger charge is -2.15. The van der Waals surface area contributed by atoms with Crippen molar-refractivity contribution in [2.24, 2.45) is 5.73 Å². The first-order valence-corrected chi connectivity index (χ1v) is 6.46. The molecule has 2 rings (SSSR count). The van der Waals surface area contributed by atoms with E-state index in [1.807, 2.05) is 0 Å². The summed E-state index contributed by atoms with van der Waals surface area (Å²) in [6.45, 7) is 0.348. The molecule has 0 radical (unpaired) electrons. The Hall–Kier alpha value is -1.78. The maximum atomic E-state index is 13.6. The van der Waals surface area contributed by atoms with E-state index in [0.717, 1.165) is 0 Å². The largest absolute Gasteiger partial charge is 0.493 e. The minimum absolute atomic E-state index is 0.0949. The highest BCUT2D eigenvalue weighted by Crippen LogP contribution is 2.35. The van der Waals surface area contributed by atoms with Gasteiger partial charge in [0.2, 0.25) is 0 Å². The molecule has 0 saturated carbocycles. The zero-order valence-electron chi connectivity index (χ0n) is 11.0. The van der Waals surface area contributed by atoms with Crippen LogP contribution in [0.25, 0.3) is 0 Å². The highest BCUT2D eigenvalue weighted by molar-refractivity contribution is 6.30. The van der Waals surface area contributed by atoms with Gasteiger partial charge < -0.3 is 15.2 Å². The van der Waals surface area contributed by atoms with E-state index in [4.69, 9.17) is 26.8 Å². The molecule has 0 spiro atoms. The average molecular weight is 296 g/mol. The molecule has 0 saturated heterocycles. The number of hydrogen-bond acceptors (Lipinski definition) is 3. The average Bonchev–Trinajstić information content (AvgIpc) is 2.46. The first-order valence-electron chi connectivity index (χ1n) is 6.08. The summed E-state index contributed by atoms with van der Waals surface area (Å²) < 4.78 is 24.5. The zero-order valence-corrected chi connectivity index (χ0v) is 11.8. The van der Waals surface area contributed by atoms with Crippen molar-refractivity contribution in [2.45, 2.75) is 13.2 Å². The van der Waals surface area contributed by atoms with Gasteiger partial charge in [0.1, 0.15) is 12.4 Å². The molecule has 106 valence electrons. The number of halogens is 2. The molecule has 0 fully saturated rings. The van der Waals surface area contributed by atoms with Crippen LogP contribution in [0.5, 0.6) is 11.5 Å². The maximum Gasteiger partial charge on any atom is 0.166 e. The standard InChI is InChI=1S/C15H15ClFNO2/c1-19-14-7-12(16)6-11(8-18)15(14)20-9-10-4-2-3-5-13(10)17/h2-7H,8-9,18H2,1H3. The van der Waals surface area contributed by atoms with Gasteiger partial charge in [0.25, 0.3) is 0 Å². The summed E-state index contributed by atoms with van der Waals surface area (Å²) in [5.74, 6) is 0.659. The first-order chi connectivity index (χ1) is 9.65. The topological polar surface area (TPSA) is 44.5 Å². The lowest BCUT2D eigenvalue weighted by atomic mass is 10.1. The molecule has 3 nitrogen and oxygen atoms in total. The fourth-order valence-electron chi connectivity index (χ4n) is 1.86. The molecular weight excluding hydrogens is 281 g/mol. The molecule has 0 amide bonds. The summed E-state index contributed by atoms with van der Waals surface area (Å²) in [6.07, 6.45) is 0. The van der Waals surface area contributed by atoms with E-state index in [9.17, 15) is 4.39 Å². The monoisotopic (exact) mass is 295 g/mol. The number of benzene rings is 2. The number of nitrogens with two attached hydrogens (primary N) is 1. The van der Waals surface area contributed by atoms with Gasteiger partial charge in [-0.3, -0.25) is 0 Å². The summed E-state index contributed by atoms with van der Waals surface area (Å²) in [7, 11) is 1.52. The Balaban J connectivity index is 2.27. The normalized spacial score (nSPS) is 10.4. The van der Waals surface area contributed by atoms with Gasteiger partial charge in [0, 0.05) is 28.8 Å². The van der Waals surface area contributed by atoms with Gasteiger partial charge >= 0.3 is 0 Å². The minimum atomic E-state index is -0.310. The van der Waals surface area contributed by atoms with E-state index in [0.29, 0.717) is 27.6 Å². The summed E-state index contributed by atoms with van der Waals surface area (Å²) in [4.78, 5) is 0. The second-order valence-electron chi connectivity index (χ2n) is 4.18. The Morgan fingerprint density at radius 2 is 1.95 bits per heavy atom. The highest BCUT2D eigenvalue weighted by atomic mass is 35.5. The second kappa shape index (κ2) is 6.59. The lowest BCUT2D eigenvalue weighted by molar-refractivity contribution is 0.277. The van der Waals surface area contributed by atoms with Crippen molar-refractivity contribution in [3.63, 3.8) is 0 Å². The smallest absolute Gasteiger partial charge is 0.166 e. The zero-order chi connectivity index (χ0) is 14.5. The molecule has 2 N–H and O–H groups in total. The van der Waals surface area contributed by atoms with Crippen LogP contribution in [0.3, 0.4) is 0 Å². The summed E-state index contributed by atoms with van der Waals surface area (Å²) >= 11 is 5.97. The van der Waals surface area contributed by atoms with Crippen molar-refractivity contribution < 1.29 is 13.9 Å². The summed E-state index contributed by atoms with van der Waals surface area (Å²) in [6, 6.07) is 9.79. The fraction of sp³-hybridized carbons (Fsp3) is 0.200. The van der Waals surface area contributed by atoms with E-state index in [1.165, 1.54) is 13.2 Å². The van der Waals surface area contributed by atoms with Crippen molar-refractivity contribution in [3.05, 3.63) is 58.4 Å². The lowest BCUT2D eigenvalue weighted by Crippen LogP contribution is -2.05. The molecule has 2 aromatic carbocycles. The Bertz CT molecular complexity index is 579. The van der Waals surface area contributed by atoms with Gasteiger partial charge in [-0.15, -0.1) is 0 Å². The van der Waals surface area contributed by atoms with Crippen LogP contribution in [0.4, 0.5) is 4.39 Å². The molecule has 0 heterocycles. The van der Waals surface area contributed by atoms with Crippen LogP contribution >= 0.6 is 11.6 Å². The van der Waals surface area contributed by atoms with Crippen molar-refractivity contribution >= 4 is 11.6 Å². The van der Waals surface area contributed by atoms with E-state index < -0.39 is 0 Å². The Morgan fingerprint density at radius 1 is 1.20 bits per heavy atom. The molecule has 0 atom stereocenters. The van der Waals surface area contributed by atoms with Crippen LogP contribution in [0.15, 0.2) is 36.4 Å². The minimum Gasteiger partial charge on any atom is -0.493 e. The van der Waals surface area contributed by atoms with E-state index in [2.05, 4.69) is 0 Å². The number of hydrogen-bond donors (Lipinski definition) is 1. The SMILES string of the molecule is COc1cc(Cl)cc(CN)c1OCc1ccccc1F. The Kier molecular flexibility index (Phi) is 4.82. The van der Waals surface area contributed by atoms with Crippen LogP contribution in [-0.4, -0.2) is 7.11 Å². The molecule has 0 bridgehead atoms. The molecule has 2 aromatic rings. The number of rotatable bonds is 5. The molecule has 0 aliphatic rings. The Labute approximate surface area is 122 Å². The van der Waals surface area contributed by atoms with Gasteiger partial charge in [0.15, 0.2) is 11.5 Å². The second-order valence-corrected chi connectivity index (χ2v) is 4.62. The van der Waals surface area contributed by atoms with Crippen LogP contribution in [0.2, 0.25) is 5.02 Å². The first kappa shape index (κ1) is 14.6. The van der Waals surface area contributed by atoms with Crippen LogP contribution in [-0.2, 0) is 13.2 Å².